The monoisotopic (exact) mass is 505 g/mol. The number of fused-ring (bicyclic) bond motifs is 1. The number of alkyl halides is 3. The average Bonchev–Trinajstić information content (AvgIpc) is 3.31. The van der Waals surface area contributed by atoms with Gasteiger partial charge in [-0.2, -0.15) is 24.9 Å². The lowest BCUT2D eigenvalue weighted by Gasteiger charge is -2.16. The Morgan fingerprint density at radius 2 is 1.91 bits per heavy atom. The molecule has 4 rings (SSSR count). The third-order valence-electron chi connectivity index (χ3n) is 5.50. The molecule has 0 atom stereocenters. The predicted molar refractivity (Wildman–Crippen MR) is 117 cm³/mol. The second-order valence-electron chi connectivity index (χ2n) is 7.74. The Labute approximate surface area is 200 Å². The van der Waals surface area contributed by atoms with Crippen molar-refractivity contribution in [2.75, 3.05) is 6.54 Å². The van der Waals surface area contributed by atoms with E-state index in [-0.39, 0.29) is 17.8 Å². The minimum absolute atomic E-state index is 0.0273. The molecule has 1 amide bonds. The Bertz CT molecular complexity index is 1370. The first-order chi connectivity index (χ1) is 16.6. The molecule has 3 N–H and O–H groups in total. The predicted octanol–water partition coefficient (Wildman–Crippen LogP) is 1.33. The highest BCUT2D eigenvalue weighted by molar-refractivity contribution is 7.98. The molecule has 0 bridgehead atoms. The van der Waals surface area contributed by atoms with Crippen molar-refractivity contribution in [3.63, 3.8) is 0 Å². The Morgan fingerprint density at radius 1 is 1.17 bits per heavy atom. The molecule has 3 aromatic rings. The molecule has 0 saturated heterocycles. The molecular formula is C23H18F3N3O5S. The van der Waals surface area contributed by atoms with Gasteiger partial charge in [-0.3, -0.25) is 9.59 Å². The van der Waals surface area contributed by atoms with Crippen LogP contribution in [-0.2, 0) is 29.0 Å². The minimum atomic E-state index is -4.53. The number of benzene rings is 1. The van der Waals surface area contributed by atoms with Crippen molar-refractivity contribution < 1.29 is 38.0 Å². The number of carboxylic acids is 1. The molecule has 1 aromatic carbocycles. The summed E-state index contributed by atoms with van der Waals surface area (Å²) in [7, 11) is 0. The SMILES string of the molecule is O=C([O-])CNC(=O)c1c(O)c2c(n(Cc3ccc(-c4ccccc4C(F)(F)F)[nH+]c3)c1=O)CSC2. The zero-order valence-electron chi connectivity index (χ0n) is 17.9. The first-order valence-corrected chi connectivity index (χ1v) is 11.4. The van der Waals surface area contributed by atoms with Gasteiger partial charge in [-0.1, -0.05) is 12.1 Å². The molecule has 3 heterocycles. The van der Waals surface area contributed by atoms with Crippen LogP contribution in [0.3, 0.4) is 0 Å². The van der Waals surface area contributed by atoms with E-state index in [1.54, 1.807) is 6.07 Å². The number of nitrogens with one attached hydrogen (secondary N) is 2. The molecule has 8 nitrogen and oxygen atoms in total. The van der Waals surface area contributed by atoms with E-state index < -0.39 is 47.0 Å². The number of aromatic amines is 1. The Morgan fingerprint density at radius 3 is 2.57 bits per heavy atom. The van der Waals surface area contributed by atoms with E-state index in [4.69, 9.17) is 0 Å². The van der Waals surface area contributed by atoms with Gasteiger partial charge in [0.2, 0.25) is 5.69 Å². The van der Waals surface area contributed by atoms with Gasteiger partial charge in [-0.25, -0.2) is 4.98 Å². The Hall–Kier alpha value is -3.80. The maximum atomic E-state index is 13.4. The molecule has 0 radical (unpaired) electrons. The number of carboxylic acid groups (broad SMARTS) is 1. The zero-order chi connectivity index (χ0) is 25.3. The number of amides is 1. The van der Waals surface area contributed by atoms with Gasteiger partial charge in [-0.15, -0.1) is 0 Å². The highest BCUT2D eigenvalue weighted by Crippen LogP contribution is 2.37. The zero-order valence-corrected chi connectivity index (χ0v) is 18.8. The van der Waals surface area contributed by atoms with Crippen molar-refractivity contribution in [1.82, 2.24) is 9.88 Å². The van der Waals surface area contributed by atoms with Gasteiger partial charge in [0.05, 0.1) is 30.2 Å². The third-order valence-corrected chi connectivity index (χ3v) is 6.47. The molecule has 182 valence electrons. The molecule has 0 saturated carbocycles. The molecule has 35 heavy (non-hydrogen) atoms. The largest absolute Gasteiger partial charge is 0.548 e. The molecule has 0 unspecified atom stereocenters. The molecule has 1 aliphatic heterocycles. The standard InChI is InChI=1S/C23H18F3N3O5S/c24-23(25,26)15-4-2-1-3-13(15)16-6-5-12(7-27-16)9-29-17-11-35-10-14(17)20(32)19(22(29)34)21(33)28-8-18(30)31/h1-7,32H,8-11H2,(H,28,33)(H,30,31). The first kappa shape index (κ1) is 24.3. The fraction of sp³-hybridized carbons (Fsp3) is 0.217. The van der Waals surface area contributed by atoms with Crippen LogP contribution in [0.25, 0.3) is 11.3 Å². The van der Waals surface area contributed by atoms with Crippen LogP contribution in [0.4, 0.5) is 13.2 Å². The highest BCUT2D eigenvalue weighted by atomic mass is 32.2. The van der Waals surface area contributed by atoms with E-state index >= 15 is 0 Å². The summed E-state index contributed by atoms with van der Waals surface area (Å²) in [6, 6.07) is 8.16. The number of hydrogen-bond donors (Lipinski definition) is 2. The molecule has 2 aromatic heterocycles. The van der Waals surface area contributed by atoms with E-state index in [0.29, 0.717) is 28.3 Å². The smallest absolute Gasteiger partial charge is 0.417 e. The normalized spacial score (nSPS) is 12.9. The number of carbonyl (C=O) groups excluding carboxylic acids is 2. The lowest BCUT2D eigenvalue weighted by Crippen LogP contribution is -2.41. The van der Waals surface area contributed by atoms with E-state index in [1.165, 1.54) is 46.8 Å². The number of H-pyrrole nitrogens is 1. The number of pyridine rings is 2. The number of aliphatic carboxylic acids is 1. The van der Waals surface area contributed by atoms with Gasteiger partial charge in [0.25, 0.3) is 11.5 Å². The van der Waals surface area contributed by atoms with Crippen molar-refractivity contribution in [2.45, 2.75) is 24.2 Å². The van der Waals surface area contributed by atoms with Crippen LogP contribution in [0.15, 0.2) is 47.4 Å². The van der Waals surface area contributed by atoms with Gasteiger partial charge in [-0.05, 0) is 18.2 Å². The van der Waals surface area contributed by atoms with Gasteiger partial charge in [0, 0.05) is 34.4 Å². The summed E-state index contributed by atoms with van der Waals surface area (Å²) in [4.78, 5) is 39.0. The van der Waals surface area contributed by atoms with Gasteiger partial charge < -0.3 is 24.9 Å². The number of hydrogen-bond acceptors (Lipinski definition) is 6. The Kier molecular flexibility index (Phi) is 6.57. The van der Waals surface area contributed by atoms with Gasteiger partial charge >= 0.3 is 6.18 Å². The maximum Gasteiger partial charge on any atom is 0.417 e. The summed E-state index contributed by atoms with van der Waals surface area (Å²) in [6.07, 6.45) is -3.07. The number of aromatic nitrogens is 2. The number of halogens is 3. The lowest BCUT2D eigenvalue weighted by molar-refractivity contribution is -0.365. The number of carbonyl (C=O) groups is 2. The molecular weight excluding hydrogens is 487 g/mol. The second kappa shape index (κ2) is 9.45. The number of nitrogens with zero attached hydrogens (tertiary/aromatic N) is 1. The van der Waals surface area contributed by atoms with Crippen LogP contribution < -0.4 is 21.0 Å². The number of rotatable bonds is 6. The maximum absolute atomic E-state index is 13.4. The quantitative estimate of drug-likeness (QED) is 0.521. The Balaban J connectivity index is 1.70. The fourth-order valence-corrected chi connectivity index (χ4v) is 4.99. The summed E-state index contributed by atoms with van der Waals surface area (Å²) in [5.41, 5.74) is -0.543. The number of aromatic hydroxyl groups is 1. The van der Waals surface area contributed by atoms with Crippen molar-refractivity contribution in [1.29, 1.82) is 0 Å². The van der Waals surface area contributed by atoms with Crippen molar-refractivity contribution in [2.24, 2.45) is 0 Å². The first-order valence-electron chi connectivity index (χ1n) is 10.3. The topological polar surface area (TPSA) is 126 Å². The molecule has 0 aliphatic carbocycles. The third kappa shape index (κ3) is 4.87. The summed E-state index contributed by atoms with van der Waals surface area (Å²) < 4.78 is 41.4. The van der Waals surface area contributed by atoms with Crippen molar-refractivity contribution >= 4 is 23.6 Å². The molecule has 12 heteroatoms. The summed E-state index contributed by atoms with van der Waals surface area (Å²) in [6.45, 7) is -0.861. The van der Waals surface area contributed by atoms with E-state index in [2.05, 4.69) is 4.98 Å². The highest BCUT2D eigenvalue weighted by Gasteiger charge is 2.35. The lowest BCUT2D eigenvalue weighted by atomic mass is 10.0. The van der Waals surface area contributed by atoms with E-state index in [0.717, 1.165) is 6.07 Å². The van der Waals surface area contributed by atoms with Crippen LogP contribution >= 0.6 is 11.8 Å². The van der Waals surface area contributed by atoms with Gasteiger partial charge in [0.1, 0.15) is 11.3 Å². The van der Waals surface area contributed by atoms with Gasteiger partial charge in [0.15, 0.2) is 6.20 Å². The fourth-order valence-electron chi connectivity index (χ4n) is 3.86. The van der Waals surface area contributed by atoms with Crippen molar-refractivity contribution in [3.8, 4) is 17.0 Å². The number of thioether (sulfide) groups is 1. The molecule has 1 aliphatic rings. The summed E-state index contributed by atoms with van der Waals surface area (Å²) >= 11 is 1.42. The van der Waals surface area contributed by atoms with Crippen molar-refractivity contribution in [3.05, 3.63) is 80.9 Å². The van der Waals surface area contributed by atoms with Crippen LogP contribution in [0.1, 0.15) is 32.7 Å². The van der Waals surface area contributed by atoms with Crippen LogP contribution in [0, 0.1) is 0 Å². The average molecular weight is 505 g/mol. The second-order valence-corrected chi connectivity index (χ2v) is 8.73. The summed E-state index contributed by atoms with van der Waals surface area (Å²) in [5.74, 6) is -2.34. The van der Waals surface area contributed by atoms with Crippen LogP contribution in [-0.4, -0.2) is 28.1 Å². The van der Waals surface area contributed by atoms with E-state index in [9.17, 15) is 37.8 Å². The van der Waals surface area contributed by atoms with E-state index in [1.807, 2.05) is 5.32 Å². The molecule has 0 fully saturated rings. The summed E-state index contributed by atoms with van der Waals surface area (Å²) in [5, 5.41) is 23.2. The van der Waals surface area contributed by atoms with Crippen LogP contribution in [0.2, 0.25) is 0 Å². The minimum Gasteiger partial charge on any atom is -0.548 e. The van der Waals surface area contributed by atoms with Crippen LogP contribution in [0.5, 0.6) is 5.75 Å². The molecule has 0 spiro atoms.